The van der Waals surface area contributed by atoms with E-state index in [9.17, 15) is 4.79 Å². The van der Waals surface area contributed by atoms with Crippen LogP contribution < -0.4 is 0 Å². The standard InChI is InChI=1S/C15H28O4Si/c1-6-7-8-17-14(16)13-11-10-20(4,5)19-12(11)9-15(2,3)18-13/h11-13H,6-10H2,1-5H3/t11-,12-,13+/m0/s1. The van der Waals surface area contributed by atoms with Gasteiger partial charge in [-0.15, -0.1) is 0 Å². The number of hydrogen-bond acceptors (Lipinski definition) is 4. The number of fused-ring (bicyclic) bond motifs is 1. The highest BCUT2D eigenvalue weighted by molar-refractivity contribution is 6.71. The van der Waals surface area contributed by atoms with Gasteiger partial charge in [-0.05, 0) is 39.4 Å². The SMILES string of the molecule is CCCCOC(=O)[C@@H]1OC(C)(C)C[C@@H]2O[Si](C)(C)C[C@@H]21. The minimum atomic E-state index is -1.64. The van der Waals surface area contributed by atoms with Gasteiger partial charge in [0.05, 0.1) is 18.3 Å². The number of carbonyl (C=O) groups excluding carboxylic acids is 1. The van der Waals surface area contributed by atoms with Gasteiger partial charge in [0.25, 0.3) is 0 Å². The van der Waals surface area contributed by atoms with Crippen LogP contribution in [-0.4, -0.2) is 38.7 Å². The van der Waals surface area contributed by atoms with Crippen molar-refractivity contribution in [3.63, 3.8) is 0 Å². The van der Waals surface area contributed by atoms with E-state index >= 15 is 0 Å². The van der Waals surface area contributed by atoms with E-state index in [1.807, 2.05) is 13.8 Å². The third-order valence-corrected chi connectivity index (χ3v) is 6.57. The van der Waals surface area contributed by atoms with Crippen LogP contribution in [0.2, 0.25) is 19.1 Å². The van der Waals surface area contributed by atoms with Gasteiger partial charge in [-0.2, -0.15) is 0 Å². The van der Waals surface area contributed by atoms with E-state index in [1.54, 1.807) is 0 Å². The van der Waals surface area contributed by atoms with Gasteiger partial charge in [0, 0.05) is 12.3 Å². The van der Waals surface area contributed by atoms with Crippen molar-refractivity contribution in [3.05, 3.63) is 0 Å². The molecule has 2 saturated heterocycles. The lowest BCUT2D eigenvalue weighted by atomic mass is 9.85. The van der Waals surface area contributed by atoms with Gasteiger partial charge in [-0.1, -0.05) is 13.3 Å². The highest BCUT2D eigenvalue weighted by Gasteiger charge is 2.54. The third-order valence-electron chi connectivity index (χ3n) is 4.18. The van der Waals surface area contributed by atoms with E-state index in [1.165, 1.54) is 0 Å². The van der Waals surface area contributed by atoms with Crippen LogP contribution in [0.4, 0.5) is 0 Å². The summed E-state index contributed by atoms with van der Waals surface area (Å²) in [5.74, 6) is -0.0182. The Hall–Kier alpha value is -0.393. The summed E-state index contributed by atoms with van der Waals surface area (Å²) in [6.45, 7) is 11.1. The van der Waals surface area contributed by atoms with Crippen LogP contribution in [0.15, 0.2) is 0 Å². The first kappa shape index (κ1) is 16.0. The van der Waals surface area contributed by atoms with E-state index < -0.39 is 14.4 Å². The third kappa shape index (κ3) is 3.62. The van der Waals surface area contributed by atoms with Crippen LogP contribution in [0.3, 0.4) is 0 Å². The quantitative estimate of drug-likeness (QED) is 0.454. The molecule has 0 aromatic carbocycles. The van der Waals surface area contributed by atoms with Crippen molar-refractivity contribution in [2.24, 2.45) is 5.92 Å². The minimum absolute atomic E-state index is 0.157. The minimum Gasteiger partial charge on any atom is -0.464 e. The molecule has 2 aliphatic heterocycles. The van der Waals surface area contributed by atoms with Crippen LogP contribution in [0, 0.1) is 5.92 Å². The van der Waals surface area contributed by atoms with Gasteiger partial charge in [0.1, 0.15) is 0 Å². The summed E-state index contributed by atoms with van der Waals surface area (Å²) in [5, 5.41) is 0. The van der Waals surface area contributed by atoms with Crippen LogP contribution in [0.1, 0.15) is 40.0 Å². The Labute approximate surface area is 123 Å². The second-order valence-electron chi connectivity index (χ2n) is 7.31. The molecule has 4 nitrogen and oxygen atoms in total. The van der Waals surface area contributed by atoms with E-state index in [4.69, 9.17) is 13.9 Å². The largest absolute Gasteiger partial charge is 0.464 e. The van der Waals surface area contributed by atoms with Gasteiger partial charge in [-0.25, -0.2) is 4.79 Å². The summed E-state index contributed by atoms with van der Waals surface area (Å²) in [6.07, 6.45) is 2.51. The molecular weight excluding hydrogens is 272 g/mol. The molecule has 3 atom stereocenters. The molecule has 0 aromatic rings. The van der Waals surface area contributed by atoms with Crippen LogP contribution in [0.5, 0.6) is 0 Å². The maximum absolute atomic E-state index is 12.3. The normalized spacial score (nSPS) is 34.5. The molecule has 20 heavy (non-hydrogen) atoms. The first-order valence-corrected chi connectivity index (χ1v) is 10.9. The summed E-state index contributed by atoms with van der Waals surface area (Å²) < 4.78 is 17.7. The maximum atomic E-state index is 12.3. The summed E-state index contributed by atoms with van der Waals surface area (Å²) in [5.41, 5.74) is -0.315. The molecule has 2 aliphatic rings. The van der Waals surface area contributed by atoms with E-state index in [-0.39, 0.29) is 23.6 Å². The van der Waals surface area contributed by atoms with Gasteiger partial charge in [0.15, 0.2) is 14.4 Å². The molecule has 0 radical (unpaired) electrons. The Morgan fingerprint density at radius 1 is 1.40 bits per heavy atom. The Kier molecular flexibility index (Phi) is 4.62. The van der Waals surface area contributed by atoms with Gasteiger partial charge < -0.3 is 13.9 Å². The van der Waals surface area contributed by atoms with Crippen molar-refractivity contribution in [2.45, 2.75) is 77.0 Å². The molecule has 5 heteroatoms. The van der Waals surface area contributed by atoms with Crippen molar-refractivity contribution in [1.29, 1.82) is 0 Å². The molecule has 0 aliphatic carbocycles. The zero-order valence-electron chi connectivity index (χ0n) is 13.4. The van der Waals surface area contributed by atoms with Crippen LogP contribution in [0.25, 0.3) is 0 Å². The number of unbranched alkanes of at least 4 members (excludes halogenated alkanes) is 1. The van der Waals surface area contributed by atoms with Crippen molar-refractivity contribution in [2.75, 3.05) is 6.61 Å². The van der Waals surface area contributed by atoms with Crippen LogP contribution >= 0.6 is 0 Å². The fourth-order valence-electron chi connectivity index (χ4n) is 3.33. The van der Waals surface area contributed by atoms with Gasteiger partial charge in [0.2, 0.25) is 0 Å². The summed E-state index contributed by atoms with van der Waals surface area (Å²) in [7, 11) is -1.64. The van der Waals surface area contributed by atoms with Gasteiger partial charge >= 0.3 is 5.97 Å². The molecule has 2 rings (SSSR count). The highest BCUT2D eigenvalue weighted by Crippen LogP contribution is 2.45. The lowest BCUT2D eigenvalue weighted by molar-refractivity contribution is -0.194. The molecule has 2 heterocycles. The molecular formula is C15H28O4Si. The average molecular weight is 300 g/mol. The smallest absolute Gasteiger partial charge is 0.335 e. The first-order valence-electron chi connectivity index (χ1n) is 7.76. The van der Waals surface area contributed by atoms with Crippen LogP contribution in [-0.2, 0) is 18.7 Å². The lowest BCUT2D eigenvalue weighted by Crippen LogP contribution is -2.50. The molecule has 116 valence electrons. The Morgan fingerprint density at radius 2 is 2.10 bits per heavy atom. The second-order valence-corrected chi connectivity index (χ2v) is 11.5. The fourth-order valence-corrected chi connectivity index (χ4v) is 6.11. The summed E-state index contributed by atoms with van der Waals surface area (Å²) in [6, 6.07) is 0.987. The Morgan fingerprint density at radius 3 is 2.75 bits per heavy atom. The van der Waals surface area contributed by atoms with E-state index in [0.717, 1.165) is 25.3 Å². The van der Waals surface area contributed by atoms with Crippen molar-refractivity contribution < 1.29 is 18.7 Å². The Bertz CT molecular complexity index is 367. The highest BCUT2D eigenvalue weighted by atomic mass is 28.4. The van der Waals surface area contributed by atoms with Crippen molar-refractivity contribution >= 4 is 14.3 Å². The number of carbonyl (C=O) groups is 1. The molecule has 0 aromatic heterocycles. The molecule has 0 spiro atoms. The predicted octanol–water partition coefficient (Wildman–Crippen LogP) is 3.12. The van der Waals surface area contributed by atoms with Crippen molar-refractivity contribution in [3.8, 4) is 0 Å². The maximum Gasteiger partial charge on any atom is 0.335 e. The first-order chi connectivity index (χ1) is 9.24. The fraction of sp³-hybridized carbons (Fsp3) is 0.933. The average Bonchev–Trinajstić information content (AvgIpc) is 2.60. The topological polar surface area (TPSA) is 44.8 Å². The molecule has 0 bridgehead atoms. The zero-order chi connectivity index (χ0) is 15.0. The molecule has 0 amide bonds. The number of hydrogen-bond donors (Lipinski definition) is 0. The number of ether oxygens (including phenoxy) is 2. The van der Waals surface area contributed by atoms with Gasteiger partial charge in [-0.3, -0.25) is 0 Å². The second kappa shape index (κ2) is 5.77. The summed E-state index contributed by atoms with van der Waals surface area (Å²) in [4.78, 5) is 12.3. The number of rotatable bonds is 4. The predicted molar refractivity (Wildman–Crippen MR) is 80.1 cm³/mol. The molecule has 0 unspecified atom stereocenters. The van der Waals surface area contributed by atoms with E-state index in [0.29, 0.717) is 6.61 Å². The molecule has 2 fully saturated rings. The molecule has 0 N–H and O–H groups in total. The monoisotopic (exact) mass is 300 g/mol. The molecule has 0 saturated carbocycles. The zero-order valence-corrected chi connectivity index (χ0v) is 14.4. The lowest BCUT2D eigenvalue weighted by Gasteiger charge is -2.41. The van der Waals surface area contributed by atoms with Crippen molar-refractivity contribution in [1.82, 2.24) is 0 Å². The van der Waals surface area contributed by atoms with E-state index in [2.05, 4.69) is 20.0 Å². The Balaban J connectivity index is 2.07. The number of esters is 1. The summed E-state index contributed by atoms with van der Waals surface area (Å²) >= 11 is 0.